The van der Waals surface area contributed by atoms with Gasteiger partial charge in [-0.3, -0.25) is 0 Å². The molecular weight excluding hydrogens is 340 g/mol. The lowest BCUT2D eigenvalue weighted by molar-refractivity contribution is 0.000977. The van der Waals surface area contributed by atoms with Gasteiger partial charge < -0.3 is 14.6 Å². The molecule has 1 saturated heterocycles. The third kappa shape index (κ3) is 3.09. The number of hydrogen-bond acceptors (Lipinski definition) is 5. The highest BCUT2D eigenvalue weighted by atomic mass is 16.5. The van der Waals surface area contributed by atoms with Crippen molar-refractivity contribution >= 4 is 16.6 Å². The molecular formula is C20H22N6O. The third-order valence-electron chi connectivity index (χ3n) is 5.32. The molecule has 1 aliphatic heterocycles. The predicted molar refractivity (Wildman–Crippen MR) is 103 cm³/mol. The Morgan fingerprint density at radius 3 is 2.93 bits per heavy atom. The Morgan fingerprint density at radius 1 is 1.15 bits per heavy atom. The van der Waals surface area contributed by atoms with Crippen LogP contribution in [0.4, 0.5) is 0 Å². The van der Waals surface area contributed by atoms with Gasteiger partial charge in [0, 0.05) is 42.1 Å². The zero-order chi connectivity index (χ0) is 18.2. The predicted octanol–water partition coefficient (Wildman–Crippen LogP) is 2.88. The summed E-state index contributed by atoms with van der Waals surface area (Å²) in [6.07, 6.45) is 7.95. The SMILES string of the molecule is CN1CCC(OCc2cc3c(-c4cnn5ncccc45)ccnc3[nH]2)CC1. The first-order chi connectivity index (χ1) is 13.3. The quantitative estimate of drug-likeness (QED) is 0.604. The number of ether oxygens (including phenoxy) is 1. The van der Waals surface area contributed by atoms with E-state index in [0.717, 1.165) is 59.3 Å². The maximum absolute atomic E-state index is 6.14. The van der Waals surface area contributed by atoms with Crippen LogP contribution in [0.15, 0.2) is 42.9 Å². The molecule has 5 rings (SSSR count). The van der Waals surface area contributed by atoms with Gasteiger partial charge in [-0.05, 0) is 49.7 Å². The Bertz CT molecular complexity index is 1080. The molecule has 0 spiro atoms. The normalized spacial score (nSPS) is 16.5. The van der Waals surface area contributed by atoms with Gasteiger partial charge in [0.1, 0.15) is 5.65 Å². The fourth-order valence-electron chi connectivity index (χ4n) is 3.79. The lowest BCUT2D eigenvalue weighted by Crippen LogP contribution is -2.34. The van der Waals surface area contributed by atoms with Crippen molar-refractivity contribution in [2.24, 2.45) is 0 Å². The van der Waals surface area contributed by atoms with E-state index in [1.807, 2.05) is 30.6 Å². The van der Waals surface area contributed by atoms with E-state index in [2.05, 4.69) is 38.2 Å². The van der Waals surface area contributed by atoms with E-state index >= 15 is 0 Å². The number of pyridine rings is 1. The second-order valence-corrected chi connectivity index (χ2v) is 7.19. The Balaban J connectivity index is 1.43. The van der Waals surface area contributed by atoms with Crippen molar-refractivity contribution in [1.29, 1.82) is 0 Å². The number of aromatic amines is 1. The molecule has 1 fully saturated rings. The highest BCUT2D eigenvalue weighted by Gasteiger charge is 2.18. The maximum atomic E-state index is 6.14. The smallest absolute Gasteiger partial charge is 0.138 e. The maximum Gasteiger partial charge on any atom is 0.138 e. The Morgan fingerprint density at radius 2 is 2.04 bits per heavy atom. The lowest BCUT2D eigenvalue weighted by Gasteiger charge is -2.28. The van der Waals surface area contributed by atoms with Crippen molar-refractivity contribution in [3.05, 3.63) is 48.5 Å². The summed E-state index contributed by atoms with van der Waals surface area (Å²) in [5.74, 6) is 0. The summed E-state index contributed by atoms with van der Waals surface area (Å²) in [5, 5.41) is 9.70. The molecule has 0 aromatic carbocycles. The van der Waals surface area contributed by atoms with E-state index < -0.39 is 0 Å². The average Bonchev–Trinajstić information content (AvgIpc) is 3.31. The van der Waals surface area contributed by atoms with Crippen LogP contribution >= 0.6 is 0 Å². The molecule has 0 saturated carbocycles. The van der Waals surface area contributed by atoms with Gasteiger partial charge in [0.2, 0.25) is 0 Å². The van der Waals surface area contributed by atoms with Crippen molar-refractivity contribution in [2.75, 3.05) is 20.1 Å². The molecule has 0 radical (unpaired) electrons. The number of aromatic nitrogens is 5. The number of hydrogen-bond donors (Lipinski definition) is 1. The molecule has 0 bridgehead atoms. The molecule has 1 N–H and O–H groups in total. The van der Waals surface area contributed by atoms with Gasteiger partial charge in [-0.1, -0.05) is 0 Å². The Kier molecular flexibility index (Phi) is 4.10. The molecule has 7 heteroatoms. The second kappa shape index (κ2) is 6.75. The standard InChI is InChI=1S/C20H22N6O/c1-25-9-5-15(6-10-25)27-13-14-11-17-16(4-8-21-20(17)24-14)18-12-23-26-19(18)3-2-7-22-26/h2-4,7-8,11-12,15H,5-6,9-10,13H2,1H3,(H,21,24). The molecule has 0 atom stereocenters. The van der Waals surface area contributed by atoms with Crippen LogP contribution in [0.25, 0.3) is 27.7 Å². The Labute approximate surface area is 157 Å². The summed E-state index contributed by atoms with van der Waals surface area (Å²) < 4.78 is 7.79. The zero-order valence-corrected chi connectivity index (χ0v) is 15.3. The average molecular weight is 362 g/mol. The van der Waals surface area contributed by atoms with Gasteiger partial charge in [0.15, 0.2) is 0 Å². The second-order valence-electron chi connectivity index (χ2n) is 7.19. The summed E-state index contributed by atoms with van der Waals surface area (Å²) in [6, 6.07) is 8.13. The number of rotatable bonds is 4. The van der Waals surface area contributed by atoms with Crippen LogP contribution < -0.4 is 0 Å². The summed E-state index contributed by atoms with van der Waals surface area (Å²) in [7, 11) is 2.16. The molecule has 7 nitrogen and oxygen atoms in total. The van der Waals surface area contributed by atoms with E-state index in [1.165, 1.54) is 0 Å². The number of H-pyrrole nitrogens is 1. The fraction of sp³-hybridized carbons (Fsp3) is 0.350. The monoisotopic (exact) mass is 362 g/mol. The number of nitrogens with one attached hydrogen (secondary N) is 1. The molecule has 27 heavy (non-hydrogen) atoms. The van der Waals surface area contributed by atoms with E-state index in [0.29, 0.717) is 12.7 Å². The van der Waals surface area contributed by atoms with Crippen molar-refractivity contribution in [1.82, 2.24) is 29.7 Å². The molecule has 0 unspecified atom stereocenters. The van der Waals surface area contributed by atoms with Crippen molar-refractivity contribution < 1.29 is 4.74 Å². The third-order valence-corrected chi connectivity index (χ3v) is 5.32. The van der Waals surface area contributed by atoms with E-state index in [1.54, 1.807) is 10.8 Å². The minimum Gasteiger partial charge on any atom is -0.372 e. The van der Waals surface area contributed by atoms with Crippen molar-refractivity contribution in [3.63, 3.8) is 0 Å². The molecule has 4 aromatic heterocycles. The molecule has 5 heterocycles. The summed E-state index contributed by atoms with van der Waals surface area (Å²) >= 11 is 0. The van der Waals surface area contributed by atoms with Crippen molar-refractivity contribution in [2.45, 2.75) is 25.6 Å². The highest BCUT2D eigenvalue weighted by Crippen LogP contribution is 2.31. The number of fused-ring (bicyclic) bond motifs is 2. The summed E-state index contributed by atoms with van der Waals surface area (Å²) in [4.78, 5) is 10.3. The fourth-order valence-corrected chi connectivity index (χ4v) is 3.79. The zero-order valence-electron chi connectivity index (χ0n) is 15.3. The first kappa shape index (κ1) is 16.4. The van der Waals surface area contributed by atoms with Crippen LogP contribution in [0.1, 0.15) is 18.5 Å². The first-order valence-corrected chi connectivity index (χ1v) is 9.34. The van der Waals surface area contributed by atoms with Crippen LogP contribution in [-0.4, -0.2) is 55.9 Å². The van der Waals surface area contributed by atoms with Gasteiger partial charge in [0.05, 0.1) is 24.4 Å². The largest absolute Gasteiger partial charge is 0.372 e. The van der Waals surface area contributed by atoms with E-state index in [9.17, 15) is 0 Å². The van der Waals surface area contributed by atoms with Crippen LogP contribution in [0, 0.1) is 0 Å². The van der Waals surface area contributed by atoms with Gasteiger partial charge in [0.25, 0.3) is 0 Å². The summed E-state index contributed by atoms with van der Waals surface area (Å²) in [6.45, 7) is 2.79. The van der Waals surface area contributed by atoms with Crippen LogP contribution in [0.3, 0.4) is 0 Å². The van der Waals surface area contributed by atoms with Crippen LogP contribution in [0.2, 0.25) is 0 Å². The number of likely N-dealkylation sites (tertiary alicyclic amines) is 1. The van der Waals surface area contributed by atoms with Gasteiger partial charge in [-0.2, -0.15) is 14.8 Å². The topological polar surface area (TPSA) is 71.3 Å². The van der Waals surface area contributed by atoms with Crippen LogP contribution in [-0.2, 0) is 11.3 Å². The minimum atomic E-state index is 0.339. The number of nitrogens with zero attached hydrogens (tertiary/aromatic N) is 5. The van der Waals surface area contributed by atoms with Gasteiger partial charge in [-0.15, -0.1) is 0 Å². The lowest BCUT2D eigenvalue weighted by atomic mass is 10.1. The minimum absolute atomic E-state index is 0.339. The Hall–Kier alpha value is -2.77. The molecule has 4 aromatic rings. The first-order valence-electron chi connectivity index (χ1n) is 9.34. The van der Waals surface area contributed by atoms with Gasteiger partial charge >= 0.3 is 0 Å². The van der Waals surface area contributed by atoms with Gasteiger partial charge in [-0.25, -0.2) is 4.98 Å². The molecule has 0 amide bonds. The molecule has 0 aliphatic carbocycles. The van der Waals surface area contributed by atoms with Crippen molar-refractivity contribution in [3.8, 4) is 11.1 Å². The van der Waals surface area contributed by atoms with E-state index in [-0.39, 0.29) is 0 Å². The highest BCUT2D eigenvalue weighted by molar-refractivity contribution is 5.97. The molecule has 1 aliphatic rings. The number of piperidine rings is 1. The van der Waals surface area contributed by atoms with Crippen LogP contribution in [0.5, 0.6) is 0 Å². The summed E-state index contributed by atoms with van der Waals surface area (Å²) in [5.41, 5.74) is 5.06. The molecule has 138 valence electrons. The van der Waals surface area contributed by atoms with E-state index in [4.69, 9.17) is 4.74 Å².